The van der Waals surface area contributed by atoms with Crippen LogP contribution in [-0.2, 0) is 14.8 Å². The maximum Gasteiger partial charge on any atom is 0.269 e. The number of hydrogen-bond acceptors (Lipinski definition) is 6. The molecule has 0 spiro atoms. The van der Waals surface area contributed by atoms with Crippen LogP contribution in [-0.4, -0.2) is 38.2 Å². The first-order chi connectivity index (χ1) is 13.2. The van der Waals surface area contributed by atoms with Crippen LogP contribution in [0.25, 0.3) is 0 Å². The van der Waals surface area contributed by atoms with E-state index in [9.17, 15) is 28.1 Å². The molecule has 0 atom stereocenters. The molecule has 0 saturated heterocycles. The van der Waals surface area contributed by atoms with E-state index in [1.165, 1.54) is 19.1 Å². The summed E-state index contributed by atoms with van der Waals surface area (Å²) in [6, 6.07) is 10.7. The van der Waals surface area contributed by atoms with Crippen molar-refractivity contribution in [1.29, 1.82) is 0 Å². The number of non-ortho nitro benzene ring substituents is 1. The second-order valence-electron chi connectivity index (χ2n) is 5.66. The van der Waals surface area contributed by atoms with Crippen LogP contribution in [0.2, 0.25) is 0 Å². The molecule has 2 aromatic carbocycles. The first-order valence-corrected chi connectivity index (χ1v) is 9.57. The molecule has 0 bridgehead atoms. The molecule has 0 fully saturated rings. The summed E-state index contributed by atoms with van der Waals surface area (Å²) in [6.45, 7) is 1.35. The van der Waals surface area contributed by atoms with Gasteiger partial charge in [-0.25, -0.2) is 13.1 Å². The van der Waals surface area contributed by atoms with Crippen LogP contribution in [0.3, 0.4) is 0 Å². The summed E-state index contributed by atoms with van der Waals surface area (Å²) in [7, 11) is -3.85. The van der Waals surface area contributed by atoms with Crippen molar-refractivity contribution in [2.24, 2.45) is 0 Å². The predicted octanol–water partition coefficient (Wildman–Crippen LogP) is 1.26. The van der Waals surface area contributed by atoms with Crippen LogP contribution in [0.15, 0.2) is 53.4 Å². The molecule has 10 nitrogen and oxygen atoms in total. The third-order valence-electron chi connectivity index (χ3n) is 3.53. The van der Waals surface area contributed by atoms with Crippen molar-refractivity contribution in [3.8, 4) is 0 Å². The van der Waals surface area contributed by atoms with Gasteiger partial charge in [0.05, 0.1) is 9.82 Å². The number of rotatable bonds is 8. The van der Waals surface area contributed by atoms with Crippen LogP contribution in [0.4, 0.5) is 11.4 Å². The number of amides is 2. The predicted molar refractivity (Wildman–Crippen MR) is 101 cm³/mol. The number of nitrogens with zero attached hydrogens (tertiary/aromatic N) is 1. The topological polar surface area (TPSA) is 148 Å². The van der Waals surface area contributed by atoms with E-state index in [4.69, 9.17) is 0 Å². The fraction of sp³-hybridized carbons (Fsp3) is 0.176. The largest absolute Gasteiger partial charge is 0.351 e. The number of hydrogen-bond donors (Lipinski definition) is 3. The molecule has 0 radical (unpaired) electrons. The zero-order chi connectivity index (χ0) is 20.7. The van der Waals surface area contributed by atoms with Crippen LogP contribution in [0.1, 0.15) is 17.3 Å². The summed E-state index contributed by atoms with van der Waals surface area (Å²) in [6.07, 6.45) is 0. The lowest BCUT2D eigenvalue weighted by Gasteiger charge is -2.09. The highest BCUT2D eigenvalue weighted by Gasteiger charge is 2.15. The number of benzene rings is 2. The molecule has 2 aromatic rings. The van der Waals surface area contributed by atoms with E-state index in [0.717, 1.165) is 24.3 Å². The maximum atomic E-state index is 12.1. The number of nitrogens with one attached hydrogen (secondary N) is 3. The van der Waals surface area contributed by atoms with Crippen molar-refractivity contribution in [3.05, 3.63) is 64.2 Å². The molecule has 0 aromatic heterocycles. The standard InChI is InChI=1S/C17H18N4O6S/c1-12(22)20-14-4-2-13(3-5-14)17(23)18-10-11-19-28(26,27)16-8-6-15(7-9-16)21(24)25/h2-9,19H,10-11H2,1H3,(H,18,23)(H,20,22). The summed E-state index contributed by atoms with van der Waals surface area (Å²) in [4.78, 5) is 32.9. The monoisotopic (exact) mass is 406 g/mol. The van der Waals surface area contributed by atoms with Crippen molar-refractivity contribution in [3.63, 3.8) is 0 Å². The van der Waals surface area contributed by atoms with Gasteiger partial charge in [0, 0.05) is 43.4 Å². The fourth-order valence-electron chi connectivity index (χ4n) is 2.20. The van der Waals surface area contributed by atoms with Crippen LogP contribution in [0, 0.1) is 10.1 Å². The van der Waals surface area contributed by atoms with Crippen LogP contribution >= 0.6 is 0 Å². The number of sulfonamides is 1. The molecule has 11 heteroatoms. The van der Waals surface area contributed by atoms with E-state index < -0.39 is 20.9 Å². The smallest absolute Gasteiger partial charge is 0.269 e. The molecule has 148 valence electrons. The summed E-state index contributed by atoms with van der Waals surface area (Å²) >= 11 is 0. The van der Waals surface area contributed by atoms with Crippen molar-refractivity contribution in [2.75, 3.05) is 18.4 Å². The minimum atomic E-state index is -3.85. The van der Waals surface area contributed by atoms with Gasteiger partial charge in [-0.05, 0) is 36.4 Å². The Morgan fingerprint density at radius 1 is 1.00 bits per heavy atom. The number of carbonyl (C=O) groups excluding carboxylic acids is 2. The molecule has 0 aliphatic carbocycles. The second kappa shape index (κ2) is 9.06. The Balaban J connectivity index is 1.84. The minimum Gasteiger partial charge on any atom is -0.351 e. The van der Waals surface area contributed by atoms with Gasteiger partial charge in [0.2, 0.25) is 15.9 Å². The Morgan fingerprint density at radius 3 is 2.14 bits per heavy atom. The lowest BCUT2D eigenvalue weighted by Crippen LogP contribution is -2.34. The summed E-state index contributed by atoms with van der Waals surface area (Å²) < 4.78 is 26.6. The van der Waals surface area contributed by atoms with Gasteiger partial charge in [0.15, 0.2) is 0 Å². The van der Waals surface area contributed by atoms with Gasteiger partial charge in [-0.15, -0.1) is 0 Å². The van der Waals surface area contributed by atoms with Gasteiger partial charge in [0.25, 0.3) is 11.6 Å². The van der Waals surface area contributed by atoms with Crippen molar-refractivity contribution < 1.29 is 22.9 Å². The molecule has 0 heterocycles. The molecule has 0 aliphatic heterocycles. The van der Waals surface area contributed by atoms with Crippen molar-refractivity contribution in [2.45, 2.75) is 11.8 Å². The van der Waals surface area contributed by atoms with Gasteiger partial charge in [-0.3, -0.25) is 19.7 Å². The van der Waals surface area contributed by atoms with E-state index in [1.807, 2.05) is 0 Å². The van der Waals surface area contributed by atoms with E-state index in [-0.39, 0.29) is 29.6 Å². The Bertz CT molecular complexity index is 972. The number of anilines is 1. The lowest BCUT2D eigenvalue weighted by molar-refractivity contribution is -0.384. The second-order valence-corrected chi connectivity index (χ2v) is 7.43. The maximum absolute atomic E-state index is 12.1. The molecule has 0 aliphatic rings. The quantitative estimate of drug-likeness (QED) is 0.341. The molecule has 2 amide bonds. The third-order valence-corrected chi connectivity index (χ3v) is 5.00. The van der Waals surface area contributed by atoms with Crippen molar-refractivity contribution >= 4 is 33.2 Å². The fourth-order valence-corrected chi connectivity index (χ4v) is 3.23. The van der Waals surface area contributed by atoms with Gasteiger partial charge >= 0.3 is 0 Å². The zero-order valence-electron chi connectivity index (χ0n) is 14.8. The first kappa shape index (κ1) is 21.0. The van der Waals surface area contributed by atoms with Gasteiger partial charge in [-0.2, -0.15) is 0 Å². The van der Waals surface area contributed by atoms with Crippen molar-refractivity contribution in [1.82, 2.24) is 10.0 Å². The Labute approximate surface area is 161 Å². The van der Waals surface area contributed by atoms with E-state index in [1.54, 1.807) is 12.1 Å². The number of carbonyl (C=O) groups is 2. The van der Waals surface area contributed by atoms with Crippen LogP contribution < -0.4 is 15.4 Å². The summed E-state index contributed by atoms with van der Waals surface area (Å²) in [5, 5.41) is 15.7. The highest BCUT2D eigenvalue weighted by atomic mass is 32.2. The van der Waals surface area contributed by atoms with Gasteiger partial charge in [0.1, 0.15) is 0 Å². The van der Waals surface area contributed by atoms with Gasteiger partial charge in [-0.1, -0.05) is 0 Å². The van der Waals surface area contributed by atoms with E-state index in [0.29, 0.717) is 11.3 Å². The average molecular weight is 406 g/mol. The summed E-state index contributed by atoms with van der Waals surface area (Å²) in [5.41, 5.74) is 0.697. The first-order valence-electron chi connectivity index (χ1n) is 8.09. The van der Waals surface area contributed by atoms with Gasteiger partial charge < -0.3 is 10.6 Å². The molecule has 2 rings (SSSR count). The Hall–Kier alpha value is -3.31. The zero-order valence-corrected chi connectivity index (χ0v) is 15.7. The average Bonchev–Trinajstić information content (AvgIpc) is 2.65. The Morgan fingerprint density at radius 2 is 1.61 bits per heavy atom. The highest BCUT2D eigenvalue weighted by molar-refractivity contribution is 7.89. The number of nitro benzene ring substituents is 1. The molecule has 28 heavy (non-hydrogen) atoms. The molecule has 0 saturated carbocycles. The minimum absolute atomic E-state index is 0.0402. The molecule has 3 N–H and O–H groups in total. The third kappa shape index (κ3) is 5.86. The molecule has 0 unspecified atom stereocenters. The molecular weight excluding hydrogens is 388 g/mol. The highest BCUT2D eigenvalue weighted by Crippen LogP contribution is 2.15. The van der Waals surface area contributed by atoms with Crippen LogP contribution in [0.5, 0.6) is 0 Å². The normalized spacial score (nSPS) is 10.9. The SMILES string of the molecule is CC(=O)Nc1ccc(C(=O)NCCNS(=O)(=O)c2ccc([N+](=O)[O-])cc2)cc1. The Kier molecular flexibility index (Phi) is 6.79. The van der Waals surface area contributed by atoms with E-state index in [2.05, 4.69) is 15.4 Å². The van der Waals surface area contributed by atoms with E-state index >= 15 is 0 Å². The number of nitro groups is 1. The lowest BCUT2D eigenvalue weighted by atomic mass is 10.2. The summed E-state index contributed by atoms with van der Waals surface area (Å²) in [5.74, 6) is -0.624. The molecular formula is C17H18N4O6S.